The van der Waals surface area contributed by atoms with Crippen LogP contribution in [0.4, 0.5) is 13.2 Å². The van der Waals surface area contributed by atoms with Crippen molar-refractivity contribution in [2.75, 3.05) is 0 Å². The van der Waals surface area contributed by atoms with E-state index < -0.39 is 11.7 Å². The number of alkyl halides is 3. The third kappa shape index (κ3) is 3.29. The number of nitrogens with zero attached hydrogens (tertiary/aromatic N) is 1. The first-order valence-electron chi connectivity index (χ1n) is 5.79. The zero-order chi connectivity index (χ0) is 14.6. The predicted molar refractivity (Wildman–Crippen MR) is 66.9 cm³/mol. The van der Waals surface area contributed by atoms with Gasteiger partial charge >= 0.3 is 6.18 Å². The minimum atomic E-state index is -4.41. The average Bonchev–Trinajstić information content (AvgIpc) is 2.44. The van der Waals surface area contributed by atoms with Crippen molar-refractivity contribution < 1.29 is 17.9 Å². The van der Waals surface area contributed by atoms with E-state index in [1.54, 1.807) is 18.2 Å². The lowest BCUT2D eigenvalue weighted by Crippen LogP contribution is -2.10. The van der Waals surface area contributed by atoms with Crippen molar-refractivity contribution in [1.82, 2.24) is 0 Å². The Labute approximate surface area is 114 Å². The SMILES string of the molecule is N#Cc1cccc(OCc2ccccc2C(F)(F)F)c1. The Kier molecular flexibility index (Phi) is 3.94. The van der Waals surface area contributed by atoms with E-state index in [1.807, 2.05) is 6.07 Å². The molecule has 0 amide bonds. The first kappa shape index (κ1) is 13.9. The van der Waals surface area contributed by atoms with E-state index in [9.17, 15) is 13.2 Å². The molecule has 0 bridgehead atoms. The molecule has 0 aliphatic heterocycles. The minimum Gasteiger partial charge on any atom is -0.489 e. The van der Waals surface area contributed by atoms with Crippen LogP contribution in [0.5, 0.6) is 5.75 Å². The third-order valence-corrected chi connectivity index (χ3v) is 2.68. The smallest absolute Gasteiger partial charge is 0.416 e. The second kappa shape index (κ2) is 5.66. The number of rotatable bonds is 3. The topological polar surface area (TPSA) is 33.0 Å². The van der Waals surface area contributed by atoms with Crippen LogP contribution in [0.15, 0.2) is 48.5 Å². The lowest BCUT2D eigenvalue weighted by atomic mass is 10.1. The average molecular weight is 277 g/mol. The fraction of sp³-hybridized carbons (Fsp3) is 0.133. The summed E-state index contributed by atoms with van der Waals surface area (Å²) in [6, 6.07) is 13.5. The molecule has 0 aromatic heterocycles. The molecule has 0 saturated heterocycles. The van der Waals surface area contributed by atoms with Gasteiger partial charge in [-0.15, -0.1) is 0 Å². The van der Waals surface area contributed by atoms with Crippen LogP contribution in [0.25, 0.3) is 0 Å². The quantitative estimate of drug-likeness (QED) is 0.844. The number of nitriles is 1. The van der Waals surface area contributed by atoms with E-state index in [0.717, 1.165) is 6.07 Å². The summed E-state index contributed by atoms with van der Waals surface area (Å²) in [5.41, 5.74) is -0.259. The van der Waals surface area contributed by atoms with Crippen LogP contribution < -0.4 is 4.74 Å². The number of benzene rings is 2. The number of hydrogen-bond donors (Lipinski definition) is 0. The van der Waals surface area contributed by atoms with Crippen LogP contribution in [0.2, 0.25) is 0 Å². The Morgan fingerprint density at radius 1 is 1.05 bits per heavy atom. The van der Waals surface area contributed by atoms with E-state index in [1.165, 1.54) is 24.3 Å². The normalized spacial score (nSPS) is 10.9. The van der Waals surface area contributed by atoms with Gasteiger partial charge in [-0.3, -0.25) is 0 Å². The van der Waals surface area contributed by atoms with Crippen molar-refractivity contribution in [3.05, 3.63) is 65.2 Å². The Hall–Kier alpha value is -2.48. The Morgan fingerprint density at radius 3 is 2.50 bits per heavy atom. The first-order chi connectivity index (χ1) is 9.50. The molecule has 0 spiro atoms. The van der Waals surface area contributed by atoms with E-state index in [0.29, 0.717) is 11.3 Å². The van der Waals surface area contributed by atoms with Gasteiger partial charge in [-0.25, -0.2) is 0 Å². The molecule has 2 aromatic carbocycles. The summed E-state index contributed by atoms with van der Waals surface area (Å²) in [5, 5.41) is 8.74. The summed E-state index contributed by atoms with van der Waals surface area (Å²) in [6.45, 7) is -0.204. The highest BCUT2D eigenvalue weighted by Crippen LogP contribution is 2.32. The number of ether oxygens (including phenoxy) is 1. The molecule has 0 N–H and O–H groups in total. The number of halogens is 3. The molecule has 5 heteroatoms. The highest BCUT2D eigenvalue weighted by molar-refractivity contribution is 5.36. The van der Waals surface area contributed by atoms with Gasteiger partial charge in [0.15, 0.2) is 0 Å². The lowest BCUT2D eigenvalue weighted by molar-refractivity contribution is -0.138. The van der Waals surface area contributed by atoms with Crippen molar-refractivity contribution in [2.45, 2.75) is 12.8 Å². The molecule has 102 valence electrons. The van der Waals surface area contributed by atoms with Gasteiger partial charge in [0.2, 0.25) is 0 Å². The van der Waals surface area contributed by atoms with Gasteiger partial charge < -0.3 is 4.74 Å². The summed E-state index contributed by atoms with van der Waals surface area (Å²) in [6.07, 6.45) is -4.41. The number of hydrogen-bond acceptors (Lipinski definition) is 2. The largest absolute Gasteiger partial charge is 0.489 e. The molecule has 0 aliphatic carbocycles. The molecule has 0 atom stereocenters. The van der Waals surface area contributed by atoms with Crippen LogP contribution in [0.3, 0.4) is 0 Å². The van der Waals surface area contributed by atoms with Crippen molar-refractivity contribution in [3.63, 3.8) is 0 Å². The Balaban J connectivity index is 2.17. The molecule has 0 saturated carbocycles. The zero-order valence-corrected chi connectivity index (χ0v) is 10.3. The maximum atomic E-state index is 12.8. The van der Waals surface area contributed by atoms with Crippen LogP contribution in [0.1, 0.15) is 16.7 Å². The van der Waals surface area contributed by atoms with E-state index in [4.69, 9.17) is 10.00 Å². The maximum absolute atomic E-state index is 12.8. The molecule has 0 radical (unpaired) electrons. The van der Waals surface area contributed by atoms with E-state index in [2.05, 4.69) is 0 Å². The van der Waals surface area contributed by atoms with Gasteiger partial charge in [0, 0.05) is 5.56 Å². The van der Waals surface area contributed by atoms with Crippen molar-refractivity contribution in [3.8, 4) is 11.8 Å². The molecule has 2 rings (SSSR count). The molecule has 0 heterocycles. The highest BCUT2D eigenvalue weighted by atomic mass is 19.4. The fourth-order valence-corrected chi connectivity index (χ4v) is 1.74. The monoisotopic (exact) mass is 277 g/mol. The summed E-state index contributed by atoms with van der Waals surface area (Å²) in [4.78, 5) is 0. The molecule has 0 unspecified atom stereocenters. The van der Waals surface area contributed by atoms with E-state index in [-0.39, 0.29) is 12.2 Å². The standard InChI is InChI=1S/C15H10F3NO/c16-15(17,18)14-7-2-1-5-12(14)10-20-13-6-3-4-11(8-13)9-19/h1-8H,10H2. The van der Waals surface area contributed by atoms with Gasteiger partial charge in [-0.2, -0.15) is 18.4 Å². The molecular weight excluding hydrogens is 267 g/mol. The van der Waals surface area contributed by atoms with Crippen LogP contribution in [-0.2, 0) is 12.8 Å². The molecule has 2 nitrogen and oxygen atoms in total. The molecule has 0 fully saturated rings. The predicted octanol–water partition coefficient (Wildman–Crippen LogP) is 4.16. The van der Waals surface area contributed by atoms with Gasteiger partial charge in [-0.1, -0.05) is 24.3 Å². The van der Waals surface area contributed by atoms with Gasteiger partial charge in [-0.05, 0) is 24.3 Å². The minimum absolute atomic E-state index is 0.0577. The highest BCUT2D eigenvalue weighted by Gasteiger charge is 2.32. The van der Waals surface area contributed by atoms with Crippen LogP contribution in [0, 0.1) is 11.3 Å². The van der Waals surface area contributed by atoms with E-state index >= 15 is 0 Å². The Morgan fingerprint density at radius 2 is 1.80 bits per heavy atom. The maximum Gasteiger partial charge on any atom is 0.416 e. The van der Waals surface area contributed by atoms with Gasteiger partial charge in [0.1, 0.15) is 12.4 Å². The van der Waals surface area contributed by atoms with Gasteiger partial charge in [0.05, 0.1) is 17.2 Å². The van der Waals surface area contributed by atoms with Crippen molar-refractivity contribution in [1.29, 1.82) is 5.26 Å². The fourth-order valence-electron chi connectivity index (χ4n) is 1.74. The summed E-state index contributed by atoms with van der Waals surface area (Å²) in [5.74, 6) is 0.362. The molecule has 0 aliphatic rings. The van der Waals surface area contributed by atoms with Gasteiger partial charge in [0.25, 0.3) is 0 Å². The Bertz CT molecular complexity index is 644. The molecule has 2 aromatic rings. The first-order valence-corrected chi connectivity index (χ1v) is 5.79. The molecular formula is C15H10F3NO. The summed E-state index contributed by atoms with van der Waals surface area (Å²) >= 11 is 0. The third-order valence-electron chi connectivity index (χ3n) is 2.68. The van der Waals surface area contributed by atoms with Crippen molar-refractivity contribution in [2.24, 2.45) is 0 Å². The second-order valence-corrected chi connectivity index (χ2v) is 4.08. The van der Waals surface area contributed by atoms with Crippen LogP contribution >= 0.6 is 0 Å². The second-order valence-electron chi connectivity index (χ2n) is 4.08. The van der Waals surface area contributed by atoms with Crippen molar-refractivity contribution >= 4 is 0 Å². The molecule has 20 heavy (non-hydrogen) atoms. The summed E-state index contributed by atoms with van der Waals surface area (Å²) in [7, 11) is 0. The summed E-state index contributed by atoms with van der Waals surface area (Å²) < 4.78 is 43.7. The lowest BCUT2D eigenvalue weighted by Gasteiger charge is -2.13. The zero-order valence-electron chi connectivity index (χ0n) is 10.3. The van der Waals surface area contributed by atoms with Crippen LogP contribution in [-0.4, -0.2) is 0 Å².